The van der Waals surface area contributed by atoms with Crippen LogP contribution in [0, 0.1) is 0 Å². The van der Waals surface area contributed by atoms with Gasteiger partial charge in [0, 0.05) is 35.9 Å². The number of aliphatic hydroxyl groups is 1. The molecule has 0 amide bonds. The summed E-state index contributed by atoms with van der Waals surface area (Å²) >= 11 is 0. The molecule has 5 nitrogen and oxygen atoms in total. The molecule has 5 heteroatoms. The van der Waals surface area contributed by atoms with Gasteiger partial charge in [0.05, 0.1) is 12.7 Å². The Morgan fingerprint density at radius 2 is 1.74 bits per heavy atom. The summed E-state index contributed by atoms with van der Waals surface area (Å²) in [6.45, 7) is 0.922. The van der Waals surface area contributed by atoms with E-state index in [1.807, 2.05) is 72.9 Å². The van der Waals surface area contributed by atoms with Crippen molar-refractivity contribution in [3.05, 3.63) is 84.2 Å². The van der Waals surface area contributed by atoms with Crippen molar-refractivity contribution >= 4 is 11.0 Å². The summed E-state index contributed by atoms with van der Waals surface area (Å²) in [7, 11) is 0. The molecular formula is C22H21N3O2. The van der Waals surface area contributed by atoms with Gasteiger partial charge in [-0.15, -0.1) is 0 Å². The molecule has 136 valence electrons. The van der Waals surface area contributed by atoms with Crippen molar-refractivity contribution in [2.45, 2.75) is 19.1 Å². The van der Waals surface area contributed by atoms with Crippen LogP contribution < -0.4 is 0 Å². The van der Waals surface area contributed by atoms with Crippen molar-refractivity contribution < 1.29 is 9.84 Å². The molecule has 0 spiro atoms. The Hall–Kier alpha value is -3.02. The molecule has 2 aromatic carbocycles. The molecule has 2 heterocycles. The number of ether oxygens (including phenoxy) is 1. The Morgan fingerprint density at radius 3 is 2.52 bits per heavy atom. The number of hydrogen-bond donors (Lipinski definition) is 2. The molecule has 4 aromatic rings. The van der Waals surface area contributed by atoms with Crippen LogP contribution in [0.5, 0.6) is 0 Å². The van der Waals surface area contributed by atoms with Crippen molar-refractivity contribution in [1.29, 1.82) is 0 Å². The smallest absolute Gasteiger partial charge is 0.161 e. The Bertz CT molecular complexity index is 1000. The largest absolute Gasteiger partial charge is 0.388 e. The van der Waals surface area contributed by atoms with E-state index in [0.717, 1.165) is 27.9 Å². The second kappa shape index (κ2) is 8.12. The summed E-state index contributed by atoms with van der Waals surface area (Å²) in [5.74, 6) is 0.698. The molecule has 2 aromatic heterocycles. The lowest BCUT2D eigenvalue weighted by molar-refractivity contribution is 0.0721. The number of fused-ring (bicyclic) bond motifs is 1. The molecule has 2 N–H and O–H groups in total. The van der Waals surface area contributed by atoms with Gasteiger partial charge in [-0.25, -0.2) is 9.97 Å². The third-order valence-electron chi connectivity index (χ3n) is 4.44. The maximum absolute atomic E-state index is 10.2. The van der Waals surface area contributed by atoms with E-state index in [-0.39, 0.29) is 0 Å². The average molecular weight is 359 g/mol. The van der Waals surface area contributed by atoms with Crippen LogP contribution in [0.3, 0.4) is 0 Å². The monoisotopic (exact) mass is 359 g/mol. The average Bonchev–Trinajstić information content (AvgIpc) is 3.14. The highest BCUT2D eigenvalue weighted by Crippen LogP contribution is 2.20. The molecule has 0 aliphatic rings. The van der Waals surface area contributed by atoms with Crippen LogP contribution in [0.25, 0.3) is 22.4 Å². The fourth-order valence-corrected chi connectivity index (χ4v) is 3.00. The molecule has 0 saturated carbocycles. The third kappa shape index (κ3) is 4.22. The van der Waals surface area contributed by atoms with Gasteiger partial charge in [-0.2, -0.15) is 0 Å². The van der Waals surface area contributed by atoms with Gasteiger partial charge in [0.1, 0.15) is 5.65 Å². The van der Waals surface area contributed by atoms with Gasteiger partial charge >= 0.3 is 0 Å². The number of aliphatic hydroxyl groups excluding tert-OH is 1. The minimum Gasteiger partial charge on any atom is -0.388 e. The predicted octanol–water partition coefficient (Wildman–Crippen LogP) is 4.27. The second-order valence-electron chi connectivity index (χ2n) is 6.43. The molecule has 0 bridgehead atoms. The SMILES string of the molecule is OC(CCOCc1cc2cnc(-c3ccccc3)nc2[nH]1)c1ccccc1. The van der Waals surface area contributed by atoms with Gasteiger partial charge in [0.15, 0.2) is 5.82 Å². The number of aromatic nitrogens is 3. The van der Waals surface area contributed by atoms with Gasteiger partial charge in [0.25, 0.3) is 0 Å². The highest BCUT2D eigenvalue weighted by molar-refractivity contribution is 5.77. The van der Waals surface area contributed by atoms with Gasteiger partial charge < -0.3 is 14.8 Å². The zero-order chi connectivity index (χ0) is 18.5. The van der Waals surface area contributed by atoms with Crippen LogP contribution in [0.4, 0.5) is 0 Å². The Balaban J connectivity index is 1.35. The molecule has 0 saturated heterocycles. The van der Waals surface area contributed by atoms with Gasteiger partial charge in [-0.3, -0.25) is 0 Å². The standard InChI is InChI=1S/C22H21N3O2/c26-20(16-7-3-1-4-8-16)11-12-27-15-19-13-18-14-23-21(25-22(18)24-19)17-9-5-2-6-10-17/h1-10,13-14,20,26H,11-12,15H2,(H,23,24,25). The predicted molar refractivity (Wildman–Crippen MR) is 105 cm³/mol. The highest BCUT2D eigenvalue weighted by Gasteiger charge is 2.08. The number of hydrogen-bond acceptors (Lipinski definition) is 4. The van der Waals surface area contributed by atoms with Crippen molar-refractivity contribution in [2.75, 3.05) is 6.61 Å². The number of nitrogens with one attached hydrogen (secondary N) is 1. The molecule has 27 heavy (non-hydrogen) atoms. The van der Waals surface area contributed by atoms with Gasteiger partial charge in [-0.1, -0.05) is 60.7 Å². The van der Waals surface area contributed by atoms with E-state index in [2.05, 4.69) is 15.0 Å². The van der Waals surface area contributed by atoms with Crippen molar-refractivity contribution in [3.63, 3.8) is 0 Å². The Labute approximate surface area is 157 Å². The summed E-state index contributed by atoms with van der Waals surface area (Å²) in [5, 5.41) is 11.1. The number of rotatable bonds is 7. The minimum atomic E-state index is -0.506. The van der Waals surface area contributed by atoms with Crippen LogP contribution in [-0.2, 0) is 11.3 Å². The maximum atomic E-state index is 10.2. The van der Waals surface area contributed by atoms with E-state index in [9.17, 15) is 5.11 Å². The number of H-pyrrole nitrogens is 1. The lowest BCUT2D eigenvalue weighted by Gasteiger charge is -2.10. The molecule has 0 radical (unpaired) electrons. The normalized spacial score (nSPS) is 12.3. The van der Waals surface area contributed by atoms with Crippen molar-refractivity contribution in [1.82, 2.24) is 15.0 Å². The molecule has 0 aliphatic heterocycles. The summed E-state index contributed by atoms with van der Waals surface area (Å²) in [4.78, 5) is 12.3. The Kier molecular flexibility index (Phi) is 5.23. The van der Waals surface area contributed by atoms with E-state index in [0.29, 0.717) is 25.5 Å². The zero-order valence-electron chi connectivity index (χ0n) is 14.9. The summed E-state index contributed by atoms with van der Waals surface area (Å²) in [5.41, 5.74) is 3.64. The van der Waals surface area contributed by atoms with E-state index in [1.165, 1.54) is 0 Å². The minimum absolute atomic E-state index is 0.443. The molecule has 4 rings (SSSR count). The molecule has 0 fully saturated rings. The molecule has 1 unspecified atom stereocenters. The molecule has 0 aliphatic carbocycles. The lowest BCUT2D eigenvalue weighted by Crippen LogP contribution is -2.03. The fourth-order valence-electron chi connectivity index (χ4n) is 3.00. The van der Waals surface area contributed by atoms with Crippen LogP contribution in [0.2, 0.25) is 0 Å². The lowest BCUT2D eigenvalue weighted by atomic mass is 10.1. The first-order valence-corrected chi connectivity index (χ1v) is 9.00. The van der Waals surface area contributed by atoms with E-state index >= 15 is 0 Å². The van der Waals surface area contributed by atoms with Crippen molar-refractivity contribution in [3.8, 4) is 11.4 Å². The number of nitrogens with zero attached hydrogens (tertiary/aromatic N) is 2. The topological polar surface area (TPSA) is 71.0 Å². The second-order valence-corrected chi connectivity index (χ2v) is 6.43. The summed E-state index contributed by atoms with van der Waals surface area (Å²) in [6.07, 6.45) is 1.87. The Morgan fingerprint density at radius 1 is 1.00 bits per heavy atom. The summed E-state index contributed by atoms with van der Waals surface area (Å²) in [6, 6.07) is 21.5. The first-order valence-electron chi connectivity index (χ1n) is 9.00. The van der Waals surface area contributed by atoms with E-state index in [1.54, 1.807) is 0 Å². The zero-order valence-corrected chi connectivity index (χ0v) is 14.9. The molecule has 1 atom stereocenters. The van der Waals surface area contributed by atoms with Crippen LogP contribution >= 0.6 is 0 Å². The van der Waals surface area contributed by atoms with E-state index < -0.39 is 6.10 Å². The highest BCUT2D eigenvalue weighted by atomic mass is 16.5. The first kappa shape index (κ1) is 17.4. The number of benzene rings is 2. The fraction of sp³-hybridized carbons (Fsp3) is 0.182. The van der Waals surface area contributed by atoms with Gasteiger partial charge in [-0.05, 0) is 11.6 Å². The third-order valence-corrected chi connectivity index (χ3v) is 4.44. The van der Waals surface area contributed by atoms with E-state index in [4.69, 9.17) is 4.74 Å². The van der Waals surface area contributed by atoms with Crippen LogP contribution in [0.1, 0.15) is 23.8 Å². The molecular weight excluding hydrogens is 338 g/mol. The summed E-state index contributed by atoms with van der Waals surface area (Å²) < 4.78 is 5.72. The quantitative estimate of drug-likeness (QED) is 0.484. The number of aromatic amines is 1. The maximum Gasteiger partial charge on any atom is 0.161 e. The first-order chi connectivity index (χ1) is 13.3. The van der Waals surface area contributed by atoms with Gasteiger partial charge in [0.2, 0.25) is 0 Å². The van der Waals surface area contributed by atoms with Crippen LogP contribution in [-0.4, -0.2) is 26.7 Å². The van der Waals surface area contributed by atoms with Crippen LogP contribution in [0.15, 0.2) is 72.9 Å². The van der Waals surface area contributed by atoms with Crippen molar-refractivity contribution in [2.24, 2.45) is 0 Å².